The van der Waals surface area contributed by atoms with E-state index in [1.807, 2.05) is 13.8 Å². The highest BCUT2D eigenvalue weighted by Crippen LogP contribution is 2.08. The monoisotopic (exact) mass is 244 g/mol. The molecule has 0 spiro atoms. The van der Waals surface area contributed by atoms with Crippen LogP contribution in [0.1, 0.15) is 26.7 Å². The number of sulfonamides is 1. The highest BCUT2D eigenvalue weighted by molar-refractivity contribution is 7.89. The van der Waals surface area contributed by atoms with Crippen molar-refractivity contribution in [2.75, 3.05) is 5.73 Å². The second kappa shape index (κ2) is 5.22. The third-order valence-corrected chi connectivity index (χ3v) is 3.74. The van der Waals surface area contributed by atoms with E-state index in [1.165, 1.54) is 12.4 Å². The Hall–Kier alpha value is -1.21. The molecule has 6 nitrogen and oxygen atoms in total. The first-order valence-electron chi connectivity index (χ1n) is 5.09. The Labute approximate surface area is 95.3 Å². The van der Waals surface area contributed by atoms with E-state index in [-0.39, 0.29) is 16.9 Å². The first-order valence-corrected chi connectivity index (χ1v) is 6.57. The van der Waals surface area contributed by atoms with Crippen LogP contribution in [0.5, 0.6) is 0 Å². The molecular formula is C9H16N4O2S. The first-order chi connectivity index (χ1) is 7.49. The van der Waals surface area contributed by atoms with Crippen LogP contribution in [0.4, 0.5) is 5.95 Å². The largest absolute Gasteiger partial charge is 0.368 e. The fourth-order valence-corrected chi connectivity index (χ4v) is 2.50. The van der Waals surface area contributed by atoms with Crippen LogP contribution in [0.25, 0.3) is 0 Å². The molecular weight excluding hydrogens is 228 g/mol. The summed E-state index contributed by atoms with van der Waals surface area (Å²) >= 11 is 0. The lowest BCUT2D eigenvalue weighted by molar-refractivity contribution is 0.529. The van der Waals surface area contributed by atoms with Crippen molar-refractivity contribution in [1.29, 1.82) is 0 Å². The van der Waals surface area contributed by atoms with E-state index in [2.05, 4.69) is 14.7 Å². The quantitative estimate of drug-likeness (QED) is 0.787. The van der Waals surface area contributed by atoms with Crippen molar-refractivity contribution in [3.63, 3.8) is 0 Å². The van der Waals surface area contributed by atoms with Crippen LogP contribution in [0, 0.1) is 0 Å². The fourth-order valence-electron chi connectivity index (χ4n) is 1.21. The molecule has 0 aliphatic carbocycles. The minimum atomic E-state index is -3.53. The predicted molar refractivity (Wildman–Crippen MR) is 61.1 cm³/mol. The van der Waals surface area contributed by atoms with Crippen LogP contribution in [-0.2, 0) is 10.0 Å². The van der Waals surface area contributed by atoms with Gasteiger partial charge in [-0.15, -0.1) is 0 Å². The van der Waals surface area contributed by atoms with Crippen molar-refractivity contribution in [3.05, 3.63) is 12.4 Å². The van der Waals surface area contributed by atoms with Crippen molar-refractivity contribution in [3.8, 4) is 0 Å². The van der Waals surface area contributed by atoms with Crippen LogP contribution in [0.3, 0.4) is 0 Å². The maximum absolute atomic E-state index is 11.8. The van der Waals surface area contributed by atoms with Gasteiger partial charge in [-0.1, -0.05) is 13.8 Å². The summed E-state index contributed by atoms with van der Waals surface area (Å²) < 4.78 is 26.3. The van der Waals surface area contributed by atoms with Crippen molar-refractivity contribution in [1.82, 2.24) is 14.7 Å². The van der Waals surface area contributed by atoms with E-state index in [0.717, 1.165) is 12.8 Å². The number of nitrogens with two attached hydrogens (primary N) is 1. The zero-order chi connectivity index (χ0) is 12.2. The van der Waals surface area contributed by atoms with E-state index >= 15 is 0 Å². The smallest absolute Gasteiger partial charge is 0.243 e. The molecule has 90 valence electrons. The Morgan fingerprint density at radius 2 is 1.81 bits per heavy atom. The van der Waals surface area contributed by atoms with Crippen LogP contribution in [-0.4, -0.2) is 24.4 Å². The minimum Gasteiger partial charge on any atom is -0.368 e. The summed E-state index contributed by atoms with van der Waals surface area (Å²) in [4.78, 5) is 7.34. The zero-order valence-corrected chi connectivity index (χ0v) is 10.2. The molecule has 0 aliphatic heterocycles. The lowest BCUT2D eigenvalue weighted by atomic mass is 10.2. The van der Waals surface area contributed by atoms with E-state index in [4.69, 9.17) is 5.73 Å². The molecule has 0 bridgehead atoms. The molecule has 0 amide bonds. The highest BCUT2D eigenvalue weighted by Gasteiger charge is 2.18. The summed E-state index contributed by atoms with van der Waals surface area (Å²) in [5.74, 6) is 0.0569. The molecule has 16 heavy (non-hydrogen) atoms. The SMILES string of the molecule is CCC(CC)NS(=O)(=O)c1cnc(N)nc1. The molecule has 0 atom stereocenters. The van der Waals surface area contributed by atoms with Gasteiger partial charge in [0.25, 0.3) is 0 Å². The Morgan fingerprint density at radius 1 is 1.31 bits per heavy atom. The number of hydrogen-bond donors (Lipinski definition) is 2. The normalized spacial score (nSPS) is 11.9. The average molecular weight is 244 g/mol. The summed E-state index contributed by atoms with van der Waals surface area (Å²) in [6, 6.07) is -0.0671. The van der Waals surface area contributed by atoms with Gasteiger partial charge in [0.15, 0.2) is 0 Å². The molecule has 1 aromatic heterocycles. The molecule has 0 unspecified atom stereocenters. The molecule has 0 aromatic carbocycles. The van der Waals surface area contributed by atoms with Gasteiger partial charge in [-0.05, 0) is 12.8 Å². The summed E-state index contributed by atoms with van der Waals surface area (Å²) in [6.07, 6.45) is 3.89. The first kappa shape index (κ1) is 12.9. The maximum atomic E-state index is 11.8. The Balaban J connectivity index is 2.89. The molecule has 1 rings (SSSR count). The van der Waals surface area contributed by atoms with Crippen molar-refractivity contribution in [2.45, 2.75) is 37.6 Å². The van der Waals surface area contributed by atoms with E-state index < -0.39 is 10.0 Å². The Bertz CT molecular complexity index is 425. The third kappa shape index (κ3) is 3.14. The number of nitrogen functional groups attached to an aromatic ring is 1. The summed E-state index contributed by atoms with van der Waals surface area (Å²) in [5, 5.41) is 0. The topological polar surface area (TPSA) is 98.0 Å². The molecule has 1 heterocycles. The number of anilines is 1. The van der Waals surface area contributed by atoms with Gasteiger partial charge in [0.1, 0.15) is 4.90 Å². The van der Waals surface area contributed by atoms with Crippen molar-refractivity contribution in [2.24, 2.45) is 0 Å². The summed E-state index contributed by atoms with van der Waals surface area (Å²) in [7, 11) is -3.53. The third-order valence-electron chi connectivity index (χ3n) is 2.27. The van der Waals surface area contributed by atoms with E-state index in [9.17, 15) is 8.42 Å². The lowest BCUT2D eigenvalue weighted by Gasteiger charge is -2.14. The van der Waals surface area contributed by atoms with Gasteiger partial charge in [0, 0.05) is 6.04 Å². The van der Waals surface area contributed by atoms with Gasteiger partial charge in [-0.25, -0.2) is 23.1 Å². The van der Waals surface area contributed by atoms with Gasteiger partial charge in [0.05, 0.1) is 12.4 Å². The number of aromatic nitrogens is 2. The number of nitrogens with one attached hydrogen (secondary N) is 1. The number of nitrogens with zero attached hydrogens (tertiary/aromatic N) is 2. The van der Waals surface area contributed by atoms with Crippen LogP contribution >= 0.6 is 0 Å². The zero-order valence-electron chi connectivity index (χ0n) is 9.34. The Morgan fingerprint density at radius 3 is 2.25 bits per heavy atom. The molecule has 0 aliphatic rings. The summed E-state index contributed by atoms with van der Waals surface area (Å²) in [6.45, 7) is 3.85. The van der Waals surface area contributed by atoms with Crippen LogP contribution < -0.4 is 10.5 Å². The average Bonchev–Trinajstić information content (AvgIpc) is 2.26. The van der Waals surface area contributed by atoms with Gasteiger partial charge in [0.2, 0.25) is 16.0 Å². The lowest BCUT2D eigenvalue weighted by Crippen LogP contribution is -2.34. The van der Waals surface area contributed by atoms with Crippen molar-refractivity contribution >= 4 is 16.0 Å². The molecule has 7 heteroatoms. The van der Waals surface area contributed by atoms with Crippen molar-refractivity contribution < 1.29 is 8.42 Å². The molecule has 1 aromatic rings. The molecule has 0 fully saturated rings. The minimum absolute atomic E-state index is 0.0357. The van der Waals surface area contributed by atoms with E-state index in [0.29, 0.717) is 0 Å². The summed E-state index contributed by atoms with van der Waals surface area (Å²) in [5.41, 5.74) is 5.29. The fraction of sp³-hybridized carbons (Fsp3) is 0.556. The highest BCUT2D eigenvalue weighted by atomic mass is 32.2. The van der Waals surface area contributed by atoms with Gasteiger partial charge in [-0.3, -0.25) is 0 Å². The molecule has 0 radical (unpaired) electrons. The molecule has 3 N–H and O–H groups in total. The Kier molecular flexibility index (Phi) is 4.19. The van der Waals surface area contributed by atoms with Gasteiger partial charge >= 0.3 is 0 Å². The van der Waals surface area contributed by atoms with E-state index in [1.54, 1.807) is 0 Å². The molecule has 0 saturated carbocycles. The van der Waals surface area contributed by atoms with Gasteiger partial charge < -0.3 is 5.73 Å². The second-order valence-corrected chi connectivity index (χ2v) is 5.13. The number of rotatable bonds is 5. The number of hydrogen-bond acceptors (Lipinski definition) is 5. The van der Waals surface area contributed by atoms with Crippen LogP contribution in [0.15, 0.2) is 17.3 Å². The van der Waals surface area contributed by atoms with Gasteiger partial charge in [-0.2, -0.15) is 0 Å². The molecule has 0 saturated heterocycles. The predicted octanol–water partition coefficient (Wildman–Crippen LogP) is 0.526. The standard InChI is InChI=1S/C9H16N4O2S/c1-3-7(4-2)13-16(14,15)8-5-11-9(10)12-6-8/h5-7,13H,3-4H2,1-2H3,(H2,10,11,12). The maximum Gasteiger partial charge on any atom is 0.243 e. The van der Waals surface area contributed by atoms with Crippen LogP contribution in [0.2, 0.25) is 0 Å². The second-order valence-electron chi connectivity index (χ2n) is 3.41.